The number of carboxylic acid groups (broad SMARTS) is 1. The number of hydrogen-bond donors (Lipinski definition) is 3. The second kappa shape index (κ2) is 4.56. The maximum Gasteiger partial charge on any atom is 0.305 e. The van der Waals surface area contributed by atoms with Crippen molar-refractivity contribution in [2.24, 2.45) is 5.73 Å². The van der Waals surface area contributed by atoms with Gasteiger partial charge in [0.2, 0.25) is 0 Å². The fourth-order valence-corrected chi connectivity index (χ4v) is 1.53. The molecule has 1 aromatic rings. The number of aliphatic carboxylic acids is 1. The smallest absolute Gasteiger partial charge is 0.305 e. The van der Waals surface area contributed by atoms with Gasteiger partial charge in [-0.3, -0.25) is 9.78 Å². The molecule has 1 heterocycles. The monoisotopic (exact) mass is 307 g/mol. The highest BCUT2D eigenvalue weighted by atomic mass is 127. The van der Waals surface area contributed by atoms with Crippen molar-refractivity contribution in [1.82, 2.24) is 4.98 Å². The van der Waals surface area contributed by atoms with Gasteiger partial charge in [0, 0.05) is 24.0 Å². The van der Waals surface area contributed by atoms with Crippen LogP contribution in [0.15, 0.2) is 12.4 Å². The van der Waals surface area contributed by atoms with E-state index in [2.05, 4.69) is 4.98 Å². The molecule has 1 aromatic heterocycles. The fourth-order valence-electron chi connectivity index (χ4n) is 1.05. The van der Waals surface area contributed by atoms with Crippen molar-refractivity contribution in [3.05, 3.63) is 21.5 Å². The summed E-state index contributed by atoms with van der Waals surface area (Å²) in [5.41, 5.74) is 12.5. The minimum absolute atomic E-state index is 0.147. The third-order valence-electron chi connectivity index (χ3n) is 1.76. The molecule has 14 heavy (non-hydrogen) atoms. The minimum Gasteiger partial charge on any atom is -0.481 e. The van der Waals surface area contributed by atoms with Crippen molar-refractivity contribution < 1.29 is 9.90 Å². The highest BCUT2D eigenvalue weighted by molar-refractivity contribution is 14.1. The molecule has 0 saturated heterocycles. The Bertz CT molecular complexity index is 356. The summed E-state index contributed by atoms with van der Waals surface area (Å²) in [5.74, 6) is -0.948. The zero-order valence-electron chi connectivity index (χ0n) is 7.27. The SMILES string of the molecule is Nc1c(I)cncc1[C@@H](N)CC(=O)O. The molecule has 0 aliphatic carbocycles. The Morgan fingerprint density at radius 3 is 2.86 bits per heavy atom. The van der Waals surface area contributed by atoms with E-state index in [-0.39, 0.29) is 6.42 Å². The molecule has 0 amide bonds. The molecule has 0 fully saturated rings. The lowest BCUT2D eigenvalue weighted by molar-refractivity contribution is -0.137. The first-order valence-electron chi connectivity index (χ1n) is 3.88. The zero-order chi connectivity index (χ0) is 10.7. The summed E-state index contributed by atoms with van der Waals surface area (Å²) >= 11 is 2.03. The summed E-state index contributed by atoms with van der Waals surface area (Å²) in [6, 6.07) is -0.602. The van der Waals surface area contributed by atoms with Gasteiger partial charge < -0.3 is 16.6 Å². The second-order valence-electron chi connectivity index (χ2n) is 2.83. The molecule has 5 nitrogen and oxygen atoms in total. The Morgan fingerprint density at radius 2 is 2.29 bits per heavy atom. The number of nitrogen functional groups attached to an aromatic ring is 1. The summed E-state index contributed by atoms with van der Waals surface area (Å²) in [4.78, 5) is 14.3. The van der Waals surface area contributed by atoms with Crippen molar-refractivity contribution in [2.75, 3.05) is 5.73 Å². The number of carbonyl (C=O) groups is 1. The predicted molar refractivity (Wildman–Crippen MR) is 60.5 cm³/mol. The van der Waals surface area contributed by atoms with Crippen molar-refractivity contribution in [3.63, 3.8) is 0 Å². The van der Waals surface area contributed by atoms with Crippen LogP contribution in [-0.4, -0.2) is 16.1 Å². The van der Waals surface area contributed by atoms with Gasteiger partial charge in [0.25, 0.3) is 0 Å². The van der Waals surface area contributed by atoms with Crippen molar-refractivity contribution in [3.8, 4) is 0 Å². The van der Waals surface area contributed by atoms with Crippen molar-refractivity contribution in [2.45, 2.75) is 12.5 Å². The van der Waals surface area contributed by atoms with E-state index in [0.717, 1.165) is 3.57 Å². The average molecular weight is 307 g/mol. The van der Waals surface area contributed by atoms with E-state index in [1.54, 1.807) is 6.20 Å². The van der Waals surface area contributed by atoms with Crippen LogP contribution in [0, 0.1) is 3.57 Å². The third kappa shape index (κ3) is 2.55. The Kier molecular flexibility index (Phi) is 3.64. The van der Waals surface area contributed by atoms with Gasteiger partial charge in [0.15, 0.2) is 0 Å². The number of halogens is 1. The predicted octanol–water partition coefficient (Wildman–Crippen LogP) is 0.743. The Labute approximate surface area is 94.6 Å². The number of nitrogens with two attached hydrogens (primary N) is 2. The van der Waals surface area contributed by atoms with Crippen LogP contribution in [0.1, 0.15) is 18.0 Å². The maximum absolute atomic E-state index is 10.4. The molecule has 0 aliphatic heterocycles. The summed E-state index contributed by atoms with van der Waals surface area (Å²) < 4.78 is 0.779. The number of nitrogens with zero attached hydrogens (tertiary/aromatic N) is 1. The lowest BCUT2D eigenvalue weighted by Crippen LogP contribution is -2.17. The topological polar surface area (TPSA) is 102 Å². The molecular formula is C8H10IN3O2. The van der Waals surface area contributed by atoms with Crippen LogP contribution >= 0.6 is 22.6 Å². The number of aromatic nitrogens is 1. The number of pyridine rings is 1. The van der Waals surface area contributed by atoms with Gasteiger partial charge in [-0.05, 0) is 22.6 Å². The number of rotatable bonds is 3. The van der Waals surface area contributed by atoms with Crippen LogP contribution in [0.25, 0.3) is 0 Å². The fraction of sp³-hybridized carbons (Fsp3) is 0.250. The molecule has 1 rings (SSSR count). The van der Waals surface area contributed by atoms with Crippen LogP contribution in [-0.2, 0) is 4.79 Å². The van der Waals surface area contributed by atoms with Gasteiger partial charge in [0.1, 0.15) is 0 Å². The van der Waals surface area contributed by atoms with Crippen molar-refractivity contribution >= 4 is 34.2 Å². The second-order valence-corrected chi connectivity index (χ2v) is 3.99. The first kappa shape index (κ1) is 11.2. The largest absolute Gasteiger partial charge is 0.481 e. The molecular weight excluding hydrogens is 297 g/mol. The first-order chi connectivity index (χ1) is 6.52. The van der Waals surface area contributed by atoms with Gasteiger partial charge in [0.05, 0.1) is 15.7 Å². The highest BCUT2D eigenvalue weighted by Crippen LogP contribution is 2.24. The molecule has 5 N–H and O–H groups in total. The number of carboxylic acids is 1. The van der Waals surface area contributed by atoms with E-state index in [0.29, 0.717) is 11.3 Å². The van der Waals surface area contributed by atoms with Crippen LogP contribution < -0.4 is 11.5 Å². The van der Waals surface area contributed by atoms with E-state index < -0.39 is 12.0 Å². The summed E-state index contributed by atoms with van der Waals surface area (Å²) in [5, 5.41) is 8.56. The molecule has 0 radical (unpaired) electrons. The summed E-state index contributed by atoms with van der Waals surface area (Å²) in [6.07, 6.45) is 2.96. The third-order valence-corrected chi connectivity index (χ3v) is 2.62. The Hall–Kier alpha value is -0.890. The van der Waals surface area contributed by atoms with Gasteiger partial charge in [-0.1, -0.05) is 0 Å². The molecule has 1 atom stereocenters. The van der Waals surface area contributed by atoms with E-state index in [9.17, 15) is 4.79 Å². The molecule has 0 unspecified atom stereocenters. The Morgan fingerprint density at radius 1 is 1.64 bits per heavy atom. The van der Waals surface area contributed by atoms with Gasteiger partial charge >= 0.3 is 5.97 Å². The first-order valence-corrected chi connectivity index (χ1v) is 4.96. The lowest BCUT2D eigenvalue weighted by atomic mass is 10.1. The highest BCUT2D eigenvalue weighted by Gasteiger charge is 2.14. The van der Waals surface area contributed by atoms with Gasteiger partial charge in [-0.2, -0.15) is 0 Å². The molecule has 6 heteroatoms. The van der Waals surface area contributed by atoms with E-state index in [1.807, 2.05) is 22.6 Å². The molecule has 0 bridgehead atoms. The van der Waals surface area contributed by atoms with Crippen LogP contribution in [0.2, 0.25) is 0 Å². The maximum atomic E-state index is 10.4. The molecule has 76 valence electrons. The zero-order valence-corrected chi connectivity index (χ0v) is 9.43. The van der Waals surface area contributed by atoms with Gasteiger partial charge in [-0.25, -0.2) is 0 Å². The Balaban J connectivity index is 2.95. The standard InChI is InChI=1S/C8H10IN3O2/c9-5-3-12-2-4(8(5)11)6(10)1-7(13)14/h2-3,6H,1,10H2,(H2,11,12)(H,13,14)/t6-/m0/s1. The number of hydrogen-bond acceptors (Lipinski definition) is 4. The molecule has 0 aromatic carbocycles. The summed E-state index contributed by atoms with van der Waals surface area (Å²) in [6.45, 7) is 0. The van der Waals surface area contributed by atoms with Crippen LogP contribution in [0.5, 0.6) is 0 Å². The van der Waals surface area contributed by atoms with Crippen molar-refractivity contribution in [1.29, 1.82) is 0 Å². The minimum atomic E-state index is -0.948. The normalized spacial score (nSPS) is 12.4. The summed E-state index contributed by atoms with van der Waals surface area (Å²) in [7, 11) is 0. The van der Waals surface area contributed by atoms with Gasteiger partial charge in [-0.15, -0.1) is 0 Å². The average Bonchev–Trinajstić information content (AvgIpc) is 2.08. The van der Waals surface area contributed by atoms with E-state index in [1.165, 1.54) is 6.20 Å². The molecule has 0 saturated carbocycles. The van der Waals surface area contributed by atoms with Crippen LogP contribution in [0.4, 0.5) is 5.69 Å². The van der Waals surface area contributed by atoms with E-state index in [4.69, 9.17) is 16.6 Å². The quantitative estimate of drug-likeness (QED) is 0.715. The lowest BCUT2D eigenvalue weighted by Gasteiger charge is -2.12. The number of anilines is 1. The van der Waals surface area contributed by atoms with Crippen LogP contribution in [0.3, 0.4) is 0 Å². The molecule has 0 aliphatic rings. The molecule has 0 spiro atoms. The van der Waals surface area contributed by atoms with E-state index >= 15 is 0 Å².